The van der Waals surface area contributed by atoms with Crippen LogP contribution < -0.4 is 10.6 Å². The number of halogens is 1. The largest absolute Gasteiger partial charge is 0.339 e. The van der Waals surface area contributed by atoms with Gasteiger partial charge in [0.2, 0.25) is 5.91 Å². The van der Waals surface area contributed by atoms with Gasteiger partial charge in [-0.1, -0.05) is 17.7 Å². The Morgan fingerprint density at radius 1 is 1.17 bits per heavy atom. The number of benzene rings is 1. The summed E-state index contributed by atoms with van der Waals surface area (Å²) in [6.45, 7) is 1.96. The van der Waals surface area contributed by atoms with Crippen LogP contribution >= 0.6 is 22.9 Å². The van der Waals surface area contributed by atoms with Crippen molar-refractivity contribution in [3.05, 3.63) is 63.3 Å². The average Bonchev–Trinajstić information content (AvgIpc) is 3.04. The van der Waals surface area contributed by atoms with E-state index in [4.69, 9.17) is 11.6 Å². The first-order valence-corrected chi connectivity index (χ1v) is 8.55. The van der Waals surface area contributed by atoms with Crippen LogP contribution in [0.25, 0.3) is 0 Å². The minimum absolute atomic E-state index is 0.110. The topological polar surface area (TPSA) is 66.9 Å². The molecule has 0 atom stereocenters. The summed E-state index contributed by atoms with van der Waals surface area (Å²) in [5, 5.41) is 16.7. The van der Waals surface area contributed by atoms with Crippen molar-refractivity contribution in [1.82, 2.24) is 10.2 Å². The monoisotopic (exact) mass is 358 g/mol. The molecular weight excluding hydrogens is 344 g/mol. The van der Waals surface area contributed by atoms with Gasteiger partial charge in [0.25, 0.3) is 0 Å². The van der Waals surface area contributed by atoms with Crippen molar-refractivity contribution in [2.24, 2.45) is 0 Å². The average molecular weight is 359 g/mol. The molecule has 0 aliphatic rings. The van der Waals surface area contributed by atoms with Crippen molar-refractivity contribution in [2.45, 2.75) is 13.3 Å². The van der Waals surface area contributed by atoms with Crippen LogP contribution in [-0.2, 0) is 11.2 Å². The molecule has 24 heavy (non-hydrogen) atoms. The van der Waals surface area contributed by atoms with E-state index in [0.717, 1.165) is 16.1 Å². The molecule has 0 aliphatic carbocycles. The summed E-state index contributed by atoms with van der Waals surface area (Å²) in [5.74, 6) is 0.910. The van der Waals surface area contributed by atoms with E-state index in [9.17, 15) is 4.79 Å². The lowest BCUT2D eigenvalue weighted by molar-refractivity contribution is -0.115. The van der Waals surface area contributed by atoms with Crippen molar-refractivity contribution < 1.29 is 4.79 Å². The van der Waals surface area contributed by atoms with Crippen LogP contribution in [0.5, 0.6) is 0 Å². The summed E-state index contributed by atoms with van der Waals surface area (Å²) in [6.07, 6.45) is 0.337. The first-order valence-electron chi connectivity index (χ1n) is 7.29. The Labute approximate surface area is 148 Å². The van der Waals surface area contributed by atoms with E-state index in [1.165, 1.54) is 0 Å². The third kappa shape index (κ3) is 4.31. The van der Waals surface area contributed by atoms with E-state index in [-0.39, 0.29) is 5.91 Å². The summed E-state index contributed by atoms with van der Waals surface area (Å²) >= 11 is 7.50. The molecule has 3 rings (SSSR count). The van der Waals surface area contributed by atoms with E-state index in [1.54, 1.807) is 23.5 Å². The summed E-state index contributed by atoms with van der Waals surface area (Å²) in [4.78, 5) is 12.9. The normalized spacial score (nSPS) is 10.4. The van der Waals surface area contributed by atoms with Crippen LogP contribution in [0.2, 0.25) is 5.02 Å². The molecule has 2 heterocycles. The fraction of sp³-hybridized carbons (Fsp3) is 0.118. The number of carbonyl (C=O) groups excluding carboxylic acids is 1. The third-order valence-corrected chi connectivity index (χ3v) is 4.41. The number of rotatable bonds is 5. The molecule has 0 fully saturated rings. The SMILES string of the molecule is Cc1cc(Cl)ccc1Nc1ccc(NC(=O)Cc2cccs2)nn1. The summed E-state index contributed by atoms with van der Waals surface area (Å²) < 4.78 is 0. The Morgan fingerprint density at radius 2 is 1.96 bits per heavy atom. The van der Waals surface area contributed by atoms with Crippen LogP contribution in [0.4, 0.5) is 17.3 Å². The highest BCUT2D eigenvalue weighted by Gasteiger charge is 2.07. The number of aromatic nitrogens is 2. The molecular formula is C17H15ClN4OS. The van der Waals surface area contributed by atoms with Gasteiger partial charge in [-0.2, -0.15) is 0 Å². The van der Waals surface area contributed by atoms with Gasteiger partial charge in [-0.3, -0.25) is 4.79 Å². The lowest BCUT2D eigenvalue weighted by Crippen LogP contribution is -2.15. The number of amides is 1. The van der Waals surface area contributed by atoms with Crippen LogP contribution in [0.15, 0.2) is 47.8 Å². The number of carbonyl (C=O) groups is 1. The molecule has 1 aromatic carbocycles. The molecule has 5 nitrogen and oxygen atoms in total. The van der Waals surface area contributed by atoms with Crippen molar-refractivity contribution in [2.75, 3.05) is 10.6 Å². The van der Waals surface area contributed by atoms with Gasteiger partial charge in [-0.25, -0.2) is 0 Å². The molecule has 1 amide bonds. The predicted octanol–water partition coefficient (Wildman–Crippen LogP) is 4.42. The molecule has 2 N–H and O–H groups in total. The van der Waals surface area contributed by atoms with Crippen molar-refractivity contribution in [1.29, 1.82) is 0 Å². The summed E-state index contributed by atoms with van der Waals surface area (Å²) in [6, 6.07) is 12.9. The minimum atomic E-state index is -0.110. The maximum absolute atomic E-state index is 11.9. The quantitative estimate of drug-likeness (QED) is 0.708. The van der Waals surface area contributed by atoms with Crippen molar-refractivity contribution >= 4 is 46.2 Å². The molecule has 0 saturated carbocycles. The molecule has 2 aromatic heterocycles. The van der Waals surface area contributed by atoms with Gasteiger partial charge >= 0.3 is 0 Å². The van der Waals surface area contributed by atoms with Crippen LogP contribution in [0.1, 0.15) is 10.4 Å². The molecule has 0 bridgehead atoms. The van der Waals surface area contributed by atoms with Gasteiger partial charge in [-0.05, 0) is 54.3 Å². The molecule has 3 aromatic rings. The zero-order valence-corrected chi connectivity index (χ0v) is 14.5. The maximum atomic E-state index is 11.9. The smallest absolute Gasteiger partial charge is 0.230 e. The van der Waals surface area contributed by atoms with Gasteiger partial charge in [0.05, 0.1) is 6.42 Å². The zero-order valence-electron chi connectivity index (χ0n) is 12.9. The van der Waals surface area contributed by atoms with Crippen molar-refractivity contribution in [3.63, 3.8) is 0 Å². The van der Waals surface area contributed by atoms with E-state index in [2.05, 4.69) is 20.8 Å². The number of hydrogen-bond donors (Lipinski definition) is 2. The molecule has 0 saturated heterocycles. The molecule has 0 aliphatic heterocycles. The number of anilines is 3. The lowest BCUT2D eigenvalue weighted by Gasteiger charge is -2.09. The van der Waals surface area contributed by atoms with E-state index in [1.807, 2.05) is 42.6 Å². The molecule has 122 valence electrons. The summed E-state index contributed by atoms with van der Waals surface area (Å²) in [5.41, 5.74) is 1.92. The van der Waals surface area contributed by atoms with Crippen molar-refractivity contribution in [3.8, 4) is 0 Å². The highest BCUT2D eigenvalue weighted by atomic mass is 35.5. The minimum Gasteiger partial charge on any atom is -0.339 e. The fourth-order valence-corrected chi connectivity index (χ4v) is 3.06. The second-order valence-electron chi connectivity index (χ2n) is 5.19. The number of aryl methyl sites for hydroxylation is 1. The molecule has 0 unspecified atom stereocenters. The number of hydrogen-bond acceptors (Lipinski definition) is 5. The summed E-state index contributed by atoms with van der Waals surface area (Å²) in [7, 11) is 0. The number of nitrogens with zero attached hydrogens (tertiary/aromatic N) is 2. The van der Waals surface area contributed by atoms with Crippen LogP contribution in [-0.4, -0.2) is 16.1 Å². The predicted molar refractivity (Wildman–Crippen MR) is 98.2 cm³/mol. The van der Waals surface area contributed by atoms with Gasteiger partial charge in [0, 0.05) is 15.6 Å². The van der Waals surface area contributed by atoms with Gasteiger partial charge in [-0.15, -0.1) is 21.5 Å². The van der Waals surface area contributed by atoms with Gasteiger partial charge < -0.3 is 10.6 Å². The lowest BCUT2D eigenvalue weighted by atomic mass is 10.2. The second kappa shape index (κ2) is 7.42. The highest BCUT2D eigenvalue weighted by molar-refractivity contribution is 7.10. The van der Waals surface area contributed by atoms with Gasteiger partial charge in [0.15, 0.2) is 11.6 Å². The zero-order chi connectivity index (χ0) is 16.9. The Hall–Kier alpha value is -2.44. The Bertz CT molecular complexity index is 834. The van der Waals surface area contributed by atoms with Crippen LogP contribution in [0, 0.1) is 6.92 Å². The van der Waals surface area contributed by atoms with Gasteiger partial charge in [0.1, 0.15) is 0 Å². The third-order valence-electron chi connectivity index (χ3n) is 3.30. The number of nitrogens with one attached hydrogen (secondary N) is 2. The molecule has 0 spiro atoms. The van der Waals surface area contributed by atoms with E-state index >= 15 is 0 Å². The Morgan fingerprint density at radius 3 is 2.62 bits per heavy atom. The Balaban J connectivity index is 1.61. The highest BCUT2D eigenvalue weighted by Crippen LogP contribution is 2.22. The molecule has 0 radical (unpaired) electrons. The first-order chi connectivity index (χ1) is 11.6. The number of thiophene rings is 1. The van der Waals surface area contributed by atoms with E-state index < -0.39 is 0 Å². The molecule has 7 heteroatoms. The van der Waals surface area contributed by atoms with E-state index in [0.29, 0.717) is 23.1 Å². The Kier molecular flexibility index (Phi) is 5.08. The standard InChI is InChI=1S/C17H15ClN4OS/c1-11-9-12(18)4-5-14(11)19-15-6-7-16(22-21-15)20-17(23)10-13-3-2-8-24-13/h2-9H,10H2,1H3,(H,19,21)(H,20,22,23). The maximum Gasteiger partial charge on any atom is 0.230 e. The van der Waals surface area contributed by atoms with Crippen LogP contribution in [0.3, 0.4) is 0 Å². The fourth-order valence-electron chi connectivity index (χ4n) is 2.13. The first kappa shape index (κ1) is 16.4. The second-order valence-corrected chi connectivity index (χ2v) is 6.66.